The predicted octanol–water partition coefficient (Wildman–Crippen LogP) is 1.77. The number of aromatic nitrogens is 1. The van der Waals surface area contributed by atoms with Crippen LogP contribution < -0.4 is 10.5 Å². The molecule has 1 aromatic carbocycles. The van der Waals surface area contributed by atoms with Crippen molar-refractivity contribution in [3.8, 4) is 11.3 Å². The lowest BCUT2D eigenvalue weighted by Gasteiger charge is -2.09. The lowest BCUT2D eigenvalue weighted by atomic mass is 10.2. The van der Waals surface area contributed by atoms with Crippen LogP contribution in [0.4, 0.5) is 6.01 Å². The molecule has 0 fully saturated rings. The fourth-order valence-electron chi connectivity index (χ4n) is 1.33. The molecule has 0 amide bonds. The van der Waals surface area contributed by atoms with Crippen molar-refractivity contribution in [2.24, 2.45) is 0 Å². The van der Waals surface area contributed by atoms with Gasteiger partial charge in [-0.1, -0.05) is 30.3 Å². The molecule has 0 unspecified atom stereocenters. The Balaban J connectivity index is 2.54. The third-order valence-corrected chi connectivity index (χ3v) is 2.10. The van der Waals surface area contributed by atoms with Crippen LogP contribution in [-0.4, -0.2) is 19.1 Å². The molecule has 0 aliphatic carbocycles. The zero-order valence-electron chi connectivity index (χ0n) is 9.18. The molecule has 4 nitrogen and oxygen atoms in total. The first kappa shape index (κ1) is 10.4. The first-order valence-electron chi connectivity index (χ1n) is 4.92. The number of hydrogen-bond donors (Lipinski definition) is 0. The summed E-state index contributed by atoms with van der Waals surface area (Å²) in [5, 5.41) is 0. The van der Waals surface area contributed by atoms with E-state index in [1.807, 2.05) is 30.3 Å². The van der Waals surface area contributed by atoms with E-state index in [-0.39, 0.29) is 5.56 Å². The Morgan fingerprint density at radius 2 is 1.88 bits per heavy atom. The van der Waals surface area contributed by atoms with Crippen LogP contribution in [0, 0.1) is 0 Å². The third-order valence-electron chi connectivity index (χ3n) is 2.10. The molecule has 16 heavy (non-hydrogen) atoms. The zero-order valence-corrected chi connectivity index (χ0v) is 9.18. The van der Waals surface area contributed by atoms with E-state index in [0.717, 1.165) is 5.56 Å². The van der Waals surface area contributed by atoms with Crippen LogP contribution in [0.3, 0.4) is 0 Å². The van der Waals surface area contributed by atoms with Crippen LogP contribution in [0.2, 0.25) is 0 Å². The van der Waals surface area contributed by atoms with E-state index in [2.05, 4.69) is 4.98 Å². The molecule has 0 saturated carbocycles. The van der Waals surface area contributed by atoms with Gasteiger partial charge < -0.3 is 9.32 Å². The summed E-state index contributed by atoms with van der Waals surface area (Å²) in [6.07, 6.45) is 0. The normalized spacial score (nSPS) is 10.1. The van der Waals surface area contributed by atoms with Crippen LogP contribution in [0.15, 0.2) is 45.6 Å². The molecule has 0 aliphatic rings. The first-order chi connectivity index (χ1) is 7.66. The highest BCUT2D eigenvalue weighted by molar-refractivity contribution is 5.56. The van der Waals surface area contributed by atoms with Gasteiger partial charge in [-0.3, -0.25) is 4.79 Å². The summed E-state index contributed by atoms with van der Waals surface area (Å²) in [7, 11) is 3.56. The van der Waals surface area contributed by atoms with E-state index in [1.54, 1.807) is 19.0 Å². The highest BCUT2D eigenvalue weighted by Crippen LogP contribution is 2.19. The molecule has 1 aromatic heterocycles. The summed E-state index contributed by atoms with van der Waals surface area (Å²) in [5.74, 6) is 0.532. The van der Waals surface area contributed by atoms with Crippen molar-refractivity contribution in [3.05, 3.63) is 46.8 Å². The lowest BCUT2D eigenvalue weighted by Crippen LogP contribution is -2.16. The summed E-state index contributed by atoms with van der Waals surface area (Å²) in [5.41, 5.74) is 0.568. The van der Waals surface area contributed by atoms with E-state index < -0.39 is 0 Å². The monoisotopic (exact) mass is 216 g/mol. The van der Waals surface area contributed by atoms with Crippen molar-refractivity contribution >= 4 is 6.01 Å². The van der Waals surface area contributed by atoms with E-state index in [4.69, 9.17) is 4.42 Å². The van der Waals surface area contributed by atoms with E-state index in [1.165, 1.54) is 6.07 Å². The summed E-state index contributed by atoms with van der Waals surface area (Å²) < 4.78 is 5.52. The summed E-state index contributed by atoms with van der Waals surface area (Å²) in [6.45, 7) is 0. The van der Waals surface area contributed by atoms with Gasteiger partial charge in [-0.2, -0.15) is 4.98 Å². The molecular weight excluding hydrogens is 204 g/mol. The number of rotatable bonds is 2. The largest absolute Gasteiger partial charge is 0.425 e. The van der Waals surface area contributed by atoms with Crippen molar-refractivity contribution in [3.63, 3.8) is 0 Å². The van der Waals surface area contributed by atoms with Crippen molar-refractivity contribution in [2.75, 3.05) is 19.0 Å². The SMILES string of the molecule is CN(C)c1nc(=O)cc(-c2ccccc2)o1. The number of benzene rings is 1. The van der Waals surface area contributed by atoms with Crippen LogP contribution in [0.25, 0.3) is 11.3 Å². The van der Waals surface area contributed by atoms with Crippen molar-refractivity contribution in [2.45, 2.75) is 0 Å². The number of anilines is 1. The molecule has 82 valence electrons. The highest BCUT2D eigenvalue weighted by Gasteiger charge is 2.06. The maximum atomic E-state index is 11.4. The molecule has 0 bridgehead atoms. The Bertz CT molecular complexity index is 532. The van der Waals surface area contributed by atoms with E-state index >= 15 is 0 Å². The van der Waals surface area contributed by atoms with Gasteiger partial charge in [0.25, 0.3) is 5.56 Å². The number of hydrogen-bond acceptors (Lipinski definition) is 4. The second-order valence-corrected chi connectivity index (χ2v) is 3.60. The molecule has 2 aromatic rings. The molecule has 0 aliphatic heterocycles. The molecule has 0 radical (unpaired) electrons. The molecule has 2 rings (SSSR count). The average Bonchev–Trinajstić information content (AvgIpc) is 2.29. The van der Waals surface area contributed by atoms with Gasteiger partial charge in [-0.15, -0.1) is 0 Å². The van der Waals surface area contributed by atoms with Crippen molar-refractivity contribution in [1.82, 2.24) is 4.98 Å². The van der Waals surface area contributed by atoms with Gasteiger partial charge in [0.2, 0.25) is 0 Å². The fraction of sp³-hybridized carbons (Fsp3) is 0.167. The molecule has 4 heteroatoms. The fourth-order valence-corrected chi connectivity index (χ4v) is 1.33. The summed E-state index contributed by atoms with van der Waals surface area (Å²) in [6, 6.07) is 11.2. The van der Waals surface area contributed by atoms with Gasteiger partial charge in [0.15, 0.2) is 0 Å². The first-order valence-corrected chi connectivity index (χ1v) is 4.92. The minimum Gasteiger partial charge on any atom is -0.425 e. The highest BCUT2D eigenvalue weighted by atomic mass is 16.4. The summed E-state index contributed by atoms with van der Waals surface area (Å²) >= 11 is 0. The van der Waals surface area contributed by atoms with E-state index in [0.29, 0.717) is 11.8 Å². The second kappa shape index (κ2) is 4.18. The Kier molecular flexibility index (Phi) is 2.72. The maximum absolute atomic E-state index is 11.4. The number of nitrogens with zero attached hydrogens (tertiary/aromatic N) is 2. The van der Waals surface area contributed by atoms with Crippen LogP contribution in [0.5, 0.6) is 0 Å². The molecule has 0 N–H and O–H groups in total. The smallest absolute Gasteiger partial charge is 0.300 e. The standard InChI is InChI=1S/C12H12N2O2/c1-14(2)12-13-11(15)8-10(16-12)9-6-4-3-5-7-9/h3-8H,1-2H3. The summed E-state index contributed by atoms with van der Waals surface area (Å²) in [4.78, 5) is 16.8. The minimum atomic E-state index is -0.297. The van der Waals surface area contributed by atoms with Crippen molar-refractivity contribution in [1.29, 1.82) is 0 Å². The topological polar surface area (TPSA) is 46.3 Å². The van der Waals surface area contributed by atoms with Gasteiger partial charge in [0.1, 0.15) is 5.76 Å². The maximum Gasteiger partial charge on any atom is 0.300 e. The van der Waals surface area contributed by atoms with Gasteiger partial charge in [-0.05, 0) is 0 Å². The molecule has 0 atom stereocenters. The molecule has 0 saturated heterocycles. The van der Waals surface area contributed by atoms with Crippen molar-refractivity contribution < 1.29 is 4.42 Å². The predicted molar refractivity (Wildman–Crippen MR) is 62.5 cm³/mol. The Hall–Kier alpha value is -2.10. The van der Waals surface area contributed by atoms with E-state index in [9.17, 15) is 4.79 Å². The third kappa shape index (κ3) is 2.11. The lowest BCUT2D eigenvalue weighted by molar-refractivity contribution is 0.538. The van der Waals surface area contributed by atoms with Crippen LogP contribution in [-0.2, 0) is 0 Å². The molecule has 0 spiro atoms. The van der Waals surface area contributed by atoms with Crippen LogP contribution >= 0.6 is 0 Å². The zero-order chi connectivity index (χ0) is 11.5. The van der Waals surface area contributed by atoms with Gasteiger partial charge in [0, 0.05) is 25.7 Å². The quantitative estimate of drug-likeness (QED) is 0.767. The van der Waals surface area contributed by atoms with Crippen LogP contribution in [0.1, 0.15) is 0 Å². The van der Waals surface area contributed by atoms with Gasteiger partial charge >= 0.3 is 6.01 Å². The molecule has 1 heterocycles. The second-order valence-electron chi connectivity index (χ2n) is 3.60. The van der Waals surface area contributed by atoms with Gasteiger partial charge in [-0.25, -0.2) is 0 Å². The Labute approximate surface area is 93.2 Å². The Morgan fingerprint density at radius 1 is 1.19 bits per heavy atom. The minimum absolute atomic E-state index is 0.297. The van der Waals surface area contributed by atoms with Gasteiger partial charge in [0.05, 0.1) is 0 Å². The molecular formula is C12H12N2O2. The average molecular weight is 216 g/mol. The Morgan fingerprint density at radius 3 is 2.50 bits per heavy atom.